The zero-order chi connectivity index (χ0) is 18.1. The maximum atomic E-state index is 12.1. The third-order valence-electron chi connectivity index (χ3n) is 3.18. The molecule has 0 atom stereocenters. The Bertz CT molecular complexity index is 733. The molecule has 0 bridgehead atoms. The van der Waals surface area contributed by atoms with Crippen LogP contribution in [-0.4, -0.2) is 23.5 Å². The van der Waals surface area contributed by atoms with Gasteiger partial charge in [0.05, 0.1) is 13.0 Å². The zero-order valence-electron chi connectivity index (χ0n) is 13.7. The van der Waals surface area contributed by atoms with Crippen molar-refractivity contribution in [3.8, 4) is 5.75 Å². The molecule has 0 aliphatic heterocycles. The van der Waals surface area contributed by atoms with Crippen molar-refractivity contribution < 1.29 is 14.3 Å². The fourth-order valence-electron chi connectivity index (χ4n) is 2.03. The number of nitrogens with one attached hydrogen (secondary N) is 3. The summed E-state index contributed by atoms with van der Waals surface area (Å²) in [5.41, 5.74) is 6.27. The summed E-state index contributed by atoms with van der Waals surface area (Å²) in [6.07, 6.45) is 0.212. The Morgan fingerprint density at radius 3 is 2.32 bits per heavy atom. The van der Waals surface area contributed by atoms with Gasteiger partial charge in [0.1, 0.15) is 5.75 Å². The molecular formula is C18H19N3O3S. The molecule has 0 heterocycles. The summed E-state index contributed by atoms with van der Waals surface area (Å²) < 4.78 is 5.32. The van der Waals surface area contributed by atoms with Gasteiger partial charge in [-0.1, -0.05) is 30.3 Å². The van der Waals surface area contributed by atoms with E-state index in [0.717, 1.165) is 5.56 Å². The summed E-state index contributed by atoms with van der Waals surface area (Å²) in [5, 5.41) is 2.51. The Kier molecular flexibility index (Phi) is 6.91. The molecule has 0 saturated carbocycles. The molecule has 0 saturated heterocycles. The molecule has 0 aromatic heterocycles. The van der Waals surface area contributed by atoms with Crippen molar-refractivity contribution in [2.45, 2.75) is 13.3 Å². The van der Waals surface area contributed by atoms with E-state index in [0.29, 0.717) is 17.9 Å². The Morgan fingerprint density at radius 1 is 1.00 bits per heavy atom. The number of hydrogen-bond donors (Lipinski definition) is 3. The Labute approximate surface area is 151 Å². The van der Waals surface area contributed by atoms with E-state index in [1.165, 1.54) is 0 Å². The van der Waals surface area contributed by atoms with Gasteiger partial charge in [0.15, 0.2) is 5.11 Å². The van der Waals surface area contributed by atoms with Gasteiger partial charge in [0.2, 0.25) is 5.91 Å². The number of benzene rings is 2. The van der Waals surface area contributed by atoms with E-state index < -0.39 is 0 Å². The molecule has 2 aromatic rings. The summed E-state index contributed by atoms with van der Waals surface area (Å²) >= 11 is 5.00. The molecule has 6 nitrogen and oxygen atoms in total. The molecule has 2 rings (SSSR count). The van der Waals surface area contributed by atoms with Crippen LogP contribution in [0.4, 0.5) is 0 Å². The van der Waals surface area contributed by atoms with Gasteiger partial charge in [-0.3, -0.25) is 25.8 Å². The van der Waals surface area contributed by atoms with Crippen molar-refractivity contribution in [1.82, 2.24) is 16.2 Å². The predicted octanol–water partition coefficient (Wildman–Crippen LogP) is 1.96. The summed E-state index contributed by atoms with van der Waals surface area (Å²) in [6, 6.07) is 16.0. The summed E-state index contributed by atoms with van der Waals surface area (Å²) in [6.45, 7) is 2.44. The minimum atomic E-state index is -0.377. The minimum absolute atomic E-state index is 0.0142. The number of hydrazine groups is 1. The van der Waals surface area contributed by atoms with Crippen LogP contribution in [0.2, 0.25) is 0 Å². The molecule has 0 radical (unpaired) electrons. The minimum Gasteiger partial charge on any atom is -0.494 e. The van der Waals surface area contributed by atoms with Gasteiger partial charge in [-0.05, 0) is 49.0 Å². The lowest BCUT2D eigenvalue weighted by molar-refractivity contribution is -0.121. The van der Waals surface area contributed by atoms with E-state index in [1.807, 2.05) is 37.3 Å². The molecule has 0 aliphatic rings. The summed E-state index contributed by atoms with van der Waals surface area (Å²) in [7, 11) is 0. The highest BCUT2D eigenvalue weighted by Crippen LogP contribution is 2.11. The van der Waals surface area contributed by atoms with Crippen molar-refractivity contribution in [3.05, 3.63) is 65.7 Å². The van der Waals surface area contributed by atoms with Crippen LogP contribution in [0.5, 0.6) is 5.75 Å². The van der Waals surface area contributed by atoms with Gasteiger partial charge in [0, 0.05) is 5.56 Å². The van der Waals surface area contributed by atoms with Crippen LogP contribution in [0.1, 0.15) is 22.8 Å². The van der Waals surface area contributed by atoms with E-state index >= 15 is 0 Å². The zero-order valence-corrected chi connectivity index (χ0v) is 14.6. The van der Waals surface area contributed by atoms with E-state index in [9.17, 15) is 9.59 Å². The summed E-state index contributed by atoms with van der Waals surface area (Å²) in [4.78, 5) is 23.9. The molecule has 25 heavy (non-hydrogen) atoms. The second kappa shape index (κ2) is 9.39. The van der Waals surface area contributed by atoms with Crippen molar-refractivity contribution in [2.24, 2.45) is 0 Å². The number of amides is 2. The number of carbonyl (C=O) groups excluding carboxylic acids is 2. The number of rotatable bonds is 5. The van der Waals surface area contributed by atoms with Crippen LogP contribution in [0.3, 0.4) is 0 Å². The molecule has 2 amide bonds. The average Bonchev–Trinajstić information content (AvgIpc) is 2.62. The predicted molar refractivity (Wildman–Crippen MR) is 99.1 cm³/mol. The number of ether oxygens (including phenoxy) is 1. The van der Waals surface area contributed by atoms with Crippen LogP contribution in [0.15, 0.2) is 54.6 Å². The smallest absolute Gasteiger partial charge is 0.257 e. The monoisotopic (exact) mass is 357 g/mol. The third kappa shape index (κ3) is 6.23. The molecule has 0 unspecified atom stereocenters. The van der Waals surface area contributed by atoms with E-state index in [-0.39, 0.29) is 23.3 Å². The lowest BCUT2D eigenvalue weighted by Crippen LogP contribution is -2.48. The Balaban J connectivity index is 1.77. The first-order valence-corrected chi connectivity index (χ1v) is 8.16. The first kappa shape index (κ1) is 18.4. The first-order chi connectivity index (χ1) is 12.1. The van der Waals surface area contributed by atoms with Gasteiger partial charge < -0.3 is 4.74 Å². The number of carbonyl (C=O) groups is 2. The Morgan fingerprint density at radius 2 is 1.68 bits per heavy atom. The lowest BCUT2D eigenvalue weighted by atomic mass is 10.1. The first-order valence-electron chi connectivity index (χ1n) is 7.75. The van der Waals surface area contributed by atoms with Crippen molar-refractivity contribution in [1.29, 1.82) is 0 Å². The van der Waals surface area contributed by atoms with Gasteiger partial charge in [0.25, 0.3) is 5.91 Å². The van der Waals surface area contributed by atoms with Crippen LogP contribution in [0.25, 0.3) is 0 Å². The van der Waals surface area contributed by atoms with Crippen molar-refractivity contribution >= 4 is 29.1 Å². The van der Waals surface area contributed by atoms with E-state index in [4.69, 9.17) is 17.0 Å². The highest BCUT2D eigenvalue weighted by atomic mass is 32.1. The normalized spacial score (nSPS) is 9.80. The Hall–Kier alpha value is -2.93. The van der Waals surface area contributed by atoms with Gasteiger partial charge >= 0.3 is 0 Å². The maximum absolute atomic E-state index is 12.1. The number of hydrogen-bond acceptors (Lipinski definition) is 4. The molecule has 130 valence electrons. The van der Waals surface area contributed by atoms with Crippen molar-refractivity contribution in [3.63, 3.8) is 0 Å². The fourth-order valence-corrected chi connectivity index (χ4v) is 2.17. The molecule has 0 fully saturated rings. The van der Waals surface area contributed by atoms with Gasteiger partial charge in [-0.15, -0.1) is 0 Å². The lowest BCUT2D eigenvalue weighted by Gasteiger charge is -2.11. The van der Waals surface area contributed by atoms with Gasteiger partial charge in [-0.2, -0.15) is 0 Å². The second-order valence-electron chi connectivity index (χ2n) is 5.08. The standard InChI is InChI=1S/C18H19N3O3S/c1-2-24-15-10-8-14(9-11-15)17(23)19-18(25)21-20-16(22)12-13-6-4-3-5-7-13/h3-11H,2,12H2,1H3,(H,20,22)(H2,19,21,23,25). The highest BCUT2D eigenvalue weighted by molar-refractivity contribution is 7.80. The van der Waals surface area contributed by atoms with E-state index in [2.05, 4.69) is 16.2 Å². The molecular weight excluding hydrogens is 338 g/mol. The quantitative estimate of drug-likeness (QED) is 0.563. The second-order valence-corrected chi connectivity index (χ2v) is 5.48. The third-order valence-corrected chi connectivity index (χ3v) is 3.38. The largest absolute Gasteiger partial charge is 0.494 e. The SMILES string of the molecule is CCOc1ccc(C(=O)NC(=S)NNC(=O)Cc2ccccc2)cc1. The molecule has 7 heteroatoms. The van der Waals surface area contributed by atoms with E-state index in [1.54, 1.807) is 24.3 Å². The highest BCUT2D eigenvalue weighted by Gasteiger charge is 2.09. The van der Waals surface area contributed by atoms with Crippen LogP contribution < -0.4 is 20.9 Å². The van der Waals surface area contributed by atoms with Crippen LogP contribution in [0, 0.1) is 0 Å². The molecule has 0 spiro atoms. The van der Waals surface area contributed by atoms with Crippen LogP contribution in [-0.2, 0) is 11.2 Å². The van der Waals surface area contributed by atoms with Crippen molar-refractivity contribution in [2.75, 3.05) is 6.61 Å². The average molecular weight is 357 g/mol. The maximum Gasteiger partial charge on any atom is 0.257 e. The fraction of sp³-hybridized carbons (Fsp3) is 0.167. The molecule has 0 aliphatic carbocycles. The number of thiocarbonyl (C=S) groups is 1. The topological polar surface area (TPSA) is 79.5 Å². The molecule has 2 aromatic carbocycles. The van der Waals surface area contributed by atoms with Crippen LogP contribution >= 0.6 is 12.2 Å². The summed E-state index contributed by atoms with van der Waals surface area (Å²) in [5.74, 6) is 0.0506. The van der Waals surface area contributed by atoms with Gasteiger partial charge in [-0.25, -0.2) is 0 Å². The molecule has 3 N–H and O–H groups in total.